The Hall–Kier alpha value is -3.61. The molecule has 0 aliphatic heterocycles. The van der Waals surface area contributed by atoms with E-state index in [0.29, 0.717) is 5.69 Å². The van der Waals surface area contributed by atoms with Gasteiger partial charge in [-0.3, -0.25) is 14.6 Å². The van der Waals surface area contributed by atoms with Gasteiger partial charge in [-0.25, -0.2) is 8.78 Å². The van der Waals surface area contributed by atoms with Gasteiger partial charge >= 0.3 is 0 Å². The number of nitrogens with one attached hydrogen (secondary N) is 2. The van der Waals surface area contributed by atoms with Gasteiger partial charge in [0.05, 0.1) is 0 Å². The molecule has 2 amide bonds. The monoisotopic (exact) mass is 353 g/mol. The summed E-state index contributed by atoms with van der Waals surface area (Å²) in [5.74, 6) is -3.14. The summed E-state index contributed by atoms with van der Waals surface area (Å²) in [7, 11) is 0. The van der Waals surface area contributed by atoms with E-state index in [1.165, 1.54) is 24.4 Å². The smallest absolute Gasteiger partial charge is 0.274 e. The molecule has 130 valence electrons. The number of anilines is 2. The summed E-state index contributed by atoms with van der Waals surface area (Å²) in [6, 6.07) is 14.6. The first-order valence-corrected chi connectivity index (χ1v) is 7.62. The Bertz CT molecular complexity index is 962. The van der Waals surface area contributed by atoms with Gasteiger partial charge in [0.2, 0.25) is 0 Å². The minimum atomic E-state index is -1.08. The number of hydrogen-bond donors (Lipinski definition) is 2. The van der Waals surface area contributed by atoms with E-state index >= 15 is 0 Å². The molecule has 1 heterocycles. The number of hydrogen-bond acceptors (Lipinski definition) is 3. The fourth-order valence-corrected chi connectivity index (χ4v) is 2.19. The summed E-state index contributed by atoms with van der Waals surface area (Å²) in [6.45, 7) is 0. The second kappa shape index (κ2) is 7.52. The van der Waals surface area contributed by atoms with Gasteiger partial charge in [-0.1, -0.05) is 18.2 Å². The molecular formula is C19H13F2N3O2. The standard InChI is InChI=1S/C19H13F2N3O2/c20-15-7-6-14(11-16(15)21)24-19(26)17-10-12(8-9-22-17)18(25)23-13-4-2-1-3-5-13/h1-11H,(H,23,25)(H,24,26). The molecule has 3 aromatic rings. The van der Waals surface area contributed by atoms with Crippen LogP contribution in [0.25, 0.3) is 0 Å². The minimum absolute atomic E-state index is 0.0320. The molecule has 0 aliphatic carbocycles. The third-order valence-electron chi connectivity index (χ3n) is 3.46. The van der Waals surface area contributed by atoms with E-state index in [-0.39, 0.29) is 16.9 Å². The van der Waals surface area contributed by atoms with E-state index in [0.717, 1.165) is 12.1 Å². The number of pyridine rings is 1. The number of carbonyl (C=O) groups is 2. The summed E-state index contributed by atoms with van der Waals surface area (Å²) >= 11 is 0. The zero-order valence-corrected chi connectivity index (χ0v) is 13.4. The molecule has 2 N–H and O–H groups in total. The number of halogens is 2. The van der Waals surface area contributed by atoms with Crippen LogP contribution in [0.15, 0.2) is 66.9 Å². The highest BCUT2D eigenvalue weighted by Gasteiger charge is 2.13. The molecule has 0 aliphatic rings. The first-order valence-electron chi connectivity index (χ1n) is 7.62. The van der Waals surface area contributed by atoms with E-state index in [4.69, 9.17) is 0 Å². The molecular weight excluding hydrogens is 340 g/mol. The molecule has 0 saturated carbocycles. The first kappa shape index (κ1) is 17.2. The molecule has 0 radical (unpaired) electrons. The Morgan fingerprint density at radius 1 is 0.769 bits per heavy atom. The molecule has 0 unspecified atom stereocenters. The van der Waals surface area contributed by atoms with Crippen molar-refractivity contribution in [1.29, 1.82) is 0 Å². The number of rotatable bonds is 4. The molecule has 0 fully saturated rings. The Balaban J connectivity index is 1.74. The van der Waals surface area contributed by atoms with Gasteiger partial charge in [-0.15, -0.1) is 0 Å². The van der Waals surface area contributed by atoms with Crippen molar-refractivity contribution in [3.63, 3.8) is 0 Å². The third-order valence-corrected chi connectivity index (χ3v) is 3.46. The lowest BCUT2D eigenvalue weighted by atomic mass is 10.2. The Labute approximate surface area is 147 Å². The van der Waals surface area contributed by atoms with Gasteiger partial charge in [0.25, 0.3) is 11.8 Å². The molecule has 3 rings (SSSR count). The van der Waals surface area contributed by atoms with Crippen molar-refractivity contribution in [2.75, 3.05) is 10.6 Å². The predicted octanol–water partition coefficient (Wildman–Crippen LogP) is 3.86. The lowest BCUT2D eigenvalue weighted by molar-refractivity contribution is 0.102. The van der Waals surface area contributed by atoms with E-state index < -0.39 is 23.4 Å². The quantitative estimate of drug-likeness (QED) is 0.748. The zero-order chi connectivity index (χ0) is 18.5. The normalized spacial score (nSPS) is 10.2. The van der Waals surface area contributed by atoms with Crippen LogP contribution in [0.2, 0.25) is 0 Å². The molecule has 26 heavy (non-hydrogen) atoms. The van der Waals surface area contributed by atoms with Crippen molar-refractivity contribution in [3.05, 3.63) is 89.8 Å². The Morgan fingerprint density at radius 3 is 2.23 bits per heavy atom. The van der Waals surface area contributed by atoms with Crippen molar-refractivity contribution in [3.8, 4) is 0 Å². The van der Waals surface area contributed by atoms with E-state index in [2.05, 4.69) is 15.6 Å². The maximum Gasteiger partial charge on any atom is 0.274 e. The summed E-state index contributed by atoms with van der Waals surface area (Å²) < 4.78 is 26.1. The average Bonchev–Trinajstić information content (AvgIpc) is 2.65. The number of para-hydroxylation sites is 1. The van der Waals surface area contributed by atoms with Crippen LogP contribution in [-0.2, 0) is 0 Å². The van der Waals surface area contributed by atoms with Crippen LogP contribution in [0.3, 0.4) is 0 Å². The topological polar surface area (TPSA) is 71.1 Å². The number of benzene rings is 2. The molecule has 0 spiro atoms. The molecule has 5 nitrogen and oxygen atoms in total. The van der Waals surface area contributed by atoms with Gasteiger partial charge in [-0.05, 0) is 36.4 Å². The third kappa shape index (κ3) is 4.07. The summed E-state index contributed by atoms with van der Waals surface area (Å²) in [4.78, 5) is 28.4. The van der Waals surface area contributed by atoms with Gasteiger partial charge in [0.1, 0.15) is 5.69 Å². The average molecular weight is 353 g/mol. The summed E-state index contributed by atoms with van der Waals surface area (Å²) in [6.07, 6.45) is 1.32. The van der Waals surface area contributed by atoms with Crippen LogP contribution in [0.1, 0.15) is 20.8 Å². The number of carbonyl (C=O) groups excluding carboxylic acids is 2. The van der Waals surface area contributed by atoms with Crippen LogP contribution in [0.5, 0.6) is 0 Å². The fourth-order valence-electron chi connectivity index (χ4n) is 2.19. The second-order valence-corrected chi connectivity index (χ2v) is 5.33. The summed E-state index contributed by atoms with van der Waals surface area (Å²) in [5, 5.41) is 5.10. The molecule has 1 aromatic heterocycles. The van der Waals surface area contributed by atoms with E-state index in [1.54, 1.807) is 24.3 Å². The maximum absolute atomic E-state index is 13.2. The lowest BCUT2D eigenvalue weighted by Crippen LogP contribution is -2.17. The van der Waals surface area contributed by atoms with E-state index in [1.807, 2.05) is 6.07 Å². The Kier molecular flexibility index (Phi) is 4.98. The van der Waals surface area contributed by atoms with Crippen molar-refractivity contribution in [2.24, 2.45) is 0 Å². The van der Waals surface area contributed by atoms with Crippen LogP contribution in [-0.4, -0.2) is 16.8 Å². The highest BCUT2D eigenvalue weighted by Crippen LogP contribution is 2.15. The molecule has 7 heteroatoms. The highest BCUT2D eigenvalue weighted by atomic mass is 19.2. The van der Waals surface area contributed by atoms with Crippen molar-refractivity contribution >= 4 is 23.2 Å². The number of aromatic nitrogens is 1. The van der Waals surface area contributed by atoms with Crippen molar-refractivity contribution < 1.29 is 18.4 Å². The Morgan fingerprint density at radius 2 is 1.50 bits per heavy atom. The zero-order valence-electron chi connectivity index (χ0n) is 13.4. The van der Waals surface area contributed by atoms with Crippen molar-refractivity contribution in [1.82, 2.24) is 4.98 Å². The van der Waals surface area contributed by atoms with Crippen LogP contribution in [0, 0.1) is 11.6 Å². The highest BCUT2D eigenvalue weighted by molar-refractivity contribution is 6.07. The van der Waals surface area contributed by atoms with Gasteiger partial charge < -0.3 is 10.6 Å². The second-order valence-electron chi connectivity index (χ2n) is 5.33. The molecule has 2 aromatic carbocycles. The number of amides is 2. The van der Waals surface area contributed by atoms with Crippen LogP contribution >= 0.6 is 0 Å². The first-order chi connectivity index (χ1) is 12.5. The minimum Gasteiger partial charge on any atom is -0.322 e. The van der Waals surface area contributed by atoms with Crippen molar-refractivity contribution in [2.45, 2.75) is 0 Å². The SMILES string of the molecule is O=C(Nc1ccccc1)c1ccnc(C(=O)Nc2ccc(F)c(F)c2)c1. The van der Waals surface area contributed by atoms with Crippen LogP contribution in [0.4, 0.5) is 20.2 Å². The van der Waals surface area contributed by atoms with E-state index in [9.17, 15) is 18.4 Å². The molecule has 0 bridgehead atoms. The van der Waals surface area contributed by atoms with Crippen LogP contribution < -0.4 is 10.6 Å². The largest absolute Gasteiger partial charge is 0.322 e. The molecule has 0 saturated heterocycles. The predicted molar refractivity (Wildman–Crippen MR) is 92.9 cm³/mol. The number of nitrogens with zero attached hydrogens (tertiary/aromatic N) is 1. The van der Waals surface area contributed by atoms with Gasteiger partial charge in [0, 0.05) is 29.2 Å². The maximum atomic E-state index is 13.2. The fraction of sp³-hybridized carbons (Fsp3) is 0. The lowest BCUT2D eigenvalue weighted by Gasteiger charge is -2.08. The van der Waals surface area contributed by atoms with Gasteiger partial charge in [0.15, 0.2) is 11.6 Å². The van der Waals surface area contributed by atoms with Gasteiger partial charge in [-0.2, -0.15) is 0 Å². The molecule has 0 atom stereocenters. The summed E-state index contributed by atoms with van der Waals surface area (Å²) in [5.41, 5.74) is 0.895.